The molecule has 3 aromatic heterocycles. The summed E-state index contributed by atoms with van der Waals surface area (Å²) < 4.78 is 9.36. The molecule has 7 aromatic rings. The number of pyridine rings is 1. The van der Waals surface area contributed by atoms with Gasteiger partial charge in [0.25, 0.3) is 0 Å². The highest BCUT2D eigenvalue weighted by molar-refractivity contribution is 7.26. The zero-order valence-electron chi connectivity index (χ0n) is 19.3. The maximum Gasteiger partial charge on any atom is 0.144 e. The van der Waals surface area contributed by atoms with E-state index < -0.39 is 0 Å². The second kappa shape index (κ2) is 7.40. The summed E-state index contributed by atoms with van der Waals surface area (Å²) in [7, 11) is 0. The third-order valence-corrected chi connectivity index (χ3v) is 9.11. The molecule has 0 spiro atoms. The largest absolute Gasteiger partial charge is 0.455 e. The summed E-state index contributed by atoms with van der Waals surface area (Å²) in [6.45, 7) is 0. The molecule has 3 heterocycles. The van der Waals surface area contributed by atoms with Crippen molar-refractivity contribution in [3.8, 4) is 11.3 Å². The topological polar surface area (TPSA) is 26.0 Å². The molecule has 1 aliphatic carbocycles. The fraction of sp³-hybridized carbons (Fsp3) is 0.156. The van der Waals surface area contributed by atoms with Crippen LogP contribution in [0.3, 0.4) is 0 Å². The van der Waals surface area contributed by atoms with Crippen LogP contribution in [0.5, 0.6) is 0 Å². The van der Waals surface area contributed by atoms with Gasteiger partial charge in [-0.3, -0.25) is 4.98 Å². The first kappa shape index (κ1) is 19.6. The highest BCUT2D eigenvalue weighted by atomic mass is 32.1. The summed E-state index contributed by atoms with van der Waals surface area (Å²) in [4.78, 5) is 4.77. The fourth-order valence-corrected chi connectivity index (χ4v) is 7.38. The molecule has 4 aromatic carbocycles. The van der Waals surface area contributed by atoms with Gasteiger partial charge < -0.3 is 4.42 Å². The molecular weight excluding hydrogens is 446 g/mol. The summed E-state index contributed by atoms with van der Waals surface area (Å²) in [5, 5.41) is 7.41. The van der Waals surface area contributed by atoms with E-state index in [4.69, 9.17) is 9.40 Å². The molecular formula is C32H23NOS. The summed E-state index contributed by atoms with van der Waals surface area (Å²) >= 11 is 1.87. The summed E-state index contributed by atoms with van der Waals surface area (Å²) in [5.41, 5.74) is 5.40. The van der Waals surface area contributed by atoms with Gasteiger partial charge in [-0.15, -0.1) is 11.3 Å². The highest BCUT2D eigenvalue weighted by Crippen LogP contribution is 2.43. The van der Waals surface area contributed by atoms with Crippen molar-refractivity contribution < 1.29 is 4.42 Å². The van der Waals surface area contributed by atoms with Crippen LogP contribution in [0, 0.1) is 0 Å². The van der Waals surface area contributed by atoms with Crippen LogP contribution in [0.2, 0.25) is 0 Å². The lowest BCUT2D eigenvalue weighted by Gasteiger charge is -2.11. The first-order valence-electron chi connectivity index (χ1n) is 12.5. The Morgan fingerprint density at radius 3 is 2.29 bits per heavy atom. The molecule has 2 nitrogen and oxygen atoms in total. The van der Waals surface area contributed by atoms with E-state index in [1.54, 1.807) is 0 Å². The van der Waals surface area contributed by atoms with Gasteiger partial charge in [-0.25, -0.2) is 0 Å². The third kappa shape index (κ3) is 2.85. The standard InChI is InChI=1S/C32H23NOS/c1-2-7-19(6-1)20-16-17-33-28(18-20)27-10-5-9-22-23-12-15-26-24(30(23)34-31(22)27)13-14-25-21-8-3-4-11-29(21)35-32(25)26/h3-5,8-19H,1-2,6-7H2. The van der Waals surface area contributed by atoms with Crippen molar-refractivity contribution in [1.82, 2.24) is 4.98 Å². The number of hydrogen-bond acceptors (Lipinski definition) is 3. The Hall–Kier alpha value is -3.69. The number of hydrogen-bond donors (Lipinski definition) is 0. The minimum Gasteiger partial charge on any atom is -0.455 e. The van der Waals surface area contributed by atoms with E-state index in [-0.39, 0.29) is 0 Å². The van der Waals surface area contributed by atoms with Crippen LogP contribution < -0.4 is 0 Å². The Balaban J connectivity index is 1.38. The predicted octanol–water partition coefficient (Wildman–Crippen LogP) is 9.83. The van der Waals surface area contributed by atoms with Crippen LogP contribution in [0.4, 0.5) is 0 Å². The van der Waals surface area contributed by atoms with E-state index in [0.29, 0.717) is 5.92 Å². The molecule has 0 aliphatic heterocycles. The molecule has 0 radical (unpaired) electrons. The van der Waals surface area contributed by atoms with Crippen molar-refractivity contribution in [1.29, 1.82) is 0 Å². The van der Waals surface area contributed by atoms with E-state index in [1.807, 2.05) is 17.5 Å². The molecule has 0 N–H and O–H groups in total. The van der Waals surface area contributed by atoms with Gasteiger partial charge in [0.1, 0.15) is 11.2 Å². The van der Waals surface area contributed by atoms with Gasteiger partial charge >= 0.3 is 0 Å². The van der Waals surface area contributed by atoms with Gasteiger partial charge in [-0.2, -0.15) is 0 Å². The van der Waals surface area contributed by atoms with Gasteiger partial charge in [0.15, 0.2) is 0 Å². The number of rotatable bonds is 2. The third-order valence-electron chi connectivity index (χ3n) is 7.89. The van der Waals surface area contributed by atoms with Gasteiger partial charge in [0.05, 0.1) is 5.69 Å². The van der Waals surface area contributed by atoms with Crippen LogP contribution in [0.1, 0.15) is 37.2 Å². The first-order chi connectivity index (χ1) is 17.3. The average Bonchev–Trinajstić information content (AvgIpc) is 3.65. The van der Waals surface area contributed by atoms with Crippen molar-refractivity contribution in [3.05, 3.63) is 90.6 Å². The quantitative estimate of drug-likeness (QED) is 0.252. The van der Waals surface area contributed by atoms with E-state index in [1.165, 1.54) is 67.6 Å². The van der Waals surface area contributed by atoms with Crippen molar-refractivity contribution >= 4 is 64.2 Å². The number of para-hydroxylation sites is 1. The molecule has 0 amide bonds. The van der Waals surface area contributed by atoms with Crippen LogP contribution in [0.25, 0.3) is 64.1 Å². The summed E-state index contributed by atoms with van der Waals surface area (Å²) in [5.74, 6) is 0.666. The van der Waals surface area contributed by atoms with Crippen LogP contribution >= 0.6 is 11.3 Å². The van der Waals surface area contributed by atoms with Gasteiger partial charge in [-0.1, -0.05) is 55.3 Å². The maximum absolute atomic E-state index is 6.70. The Morgan fingerprint density at radius 1 is 0.686 bits per heavy atom. The second-order valence-electron chi connectivity index (χ2n) is 9.82. The second-order valence-corrected chi connectivity index (χ2v) is 10.9. The monoisotopic (exact) mass is 469 g/mol. The van der Waals surface area contributed by atoms with E-state index >= 15 is 0 Å². The number of aromatic nitrogens is 1. The smallest absolute Gasteiger partial charge is 0.144 e. The number of furan rings is 1. The molecule has 1 aliphatic rings. The lowest BCUT2D eigenvalue weighted by molar-refractivity contribution is 0.673. The summed E-state index contributed by atoms with van der Waals surface area (Å²) in [6.07, 6.45) is 7.22. The number of fused-ring (bicyclic) bond motifs is 9. The zero-order chi connectivity index (χ0) is 22.9. The Kier molecular flexibility index (Phi) is 4.14. The van der Waals surface area contributed by atoms with Crippen LogP contribution in [-0.2, 0) is 0 Å². The molecule has 8 rings (SSSR count). The molecule has 0 bridgehead atoms. The lowest BCUT2D eigenvalue weighted by atomic mass is 9.96. The van der Waals surface area contributed by atoms with Gasteiger partial charge in [0.2, 0.25) is 0 Å². The number of thiophene rings is 1. The van der Waals surface area contributed by atoms with E-state index in [0.717, 1.165) is 27.8 Å². The fourth-order valence-electron chi connectivity index (χ4n) is 6.15. The molecule has 0 atom stereocenters. The molecule has 1 fully saturated rings. The van der Waals surface area contributed by atoms with Gasteiger partial charge in [0, 0.05) is 53.5 Å². The minimum atomic E-state index is 0.666. The van der Waals surface area contributed by atoms with Crippen molar-refractivity contribution in [2.75, 3.05) is 0 Å². The minimum absolute atomic E-state index is 0.666. The highest BCUT2D eigenvalue weighted by Gasteiger charge is 2.20. The molecule has 1 saturated carbocycles. The zero-order valence-corrected chi connectivity index (χ0v) is 20.1. The van der Waals surface area contributed by atoms with Crippen molar-refractivity contribution in [2.45, 2.75) is 31.6 Å². The van der Waals surface area contributed by atoms with E-state index in [2.05, 4.69) is 78.9 Å². The summed E-state index contributed by atoms with van der Waals surface area (Å²) in [6, 6.07) is 28.6. The molecule has 3 heteroatoms. The molecule has 0 unspecified atom stereocenters. The van der Waals surface area contributed by atoms with E-state index in [9.17, 15) is 0 Å². The SMILES string of the molecule is c1ccc2c(c1)sc1c2ccc2c1ccc1c3cccc(-c4cc(C5CCCC5)ccn4)c3oc12. The maximum atomic E-state index is 6.70. The van der Waals surface area contributed by atoms with Crippen LogP contribution in [0.15, 0.2) is 89.5 Å². The number of benzene rings is 4. The lowest BCUT2D eigenvalue weighted by Crippen LogP contribution is -1.94. The normalized spacial score (nSPS) is 14.9. The Labute approximate surface area is 206 Å². The van der Waals surface area contributed by atoms with Crippen LogP contribution in [-0.4, -0.2) is 4.98 Å². The molecule has 35 heavy (non-hydrogen) atoms. The average molecular weight is 470 g/mol. The molecule has 0 saturated heterocycles. The Morgan fingerprint density at radius 2 is 1.40 bits per heavy atom. The predicted molar refractivity (Wildman–Crippen MR) is 149 cm³/mol. The molecule has 168 valence electrons. The van der Waals surface area contributed by atoms with Gasteiger partial charge in [-0.05, 0) is 60.7 Å². The number of nitrogens with zero attached hydrogens (tertiary/aromatic N) is 1. The first-order valence-corrected chi connectivity index (χ1v) is 13.3. The Bertz CT molecular complexity index is 1920. The van der Waals surface area contributed by atoms with Crippen molar-refractivity contribution in [2.24, 2.45) is 0 Å². The van der Waals surface area contributed by atoms with Crippen molar-refractivity contribution in [3.63, 3.8) is 0 Å².